The highest BCUT2D eigenvalue weighted by Crippen LogP contribution is 2.76. The molecule has 0 amide bonds. The molecule has 2 heterocycles. The van der Waals surface area contributed by atoms with Crippen molar-refractivity contribution in [1.82, 2.24) is 0 Å². The van der Waals surface area contributed by atoms with E-state index in [1.165, 1.54) is 13.8 Å². The molecule has 21 unspecified atom stereocenters. The van der Waals surface area contributed by atoms with E-state index in [1.54, 1.807) is 0 Å². The predicted octanol–water partition coefficient (Wildman–Crippen LogP) is 2.53. The van der Waals surface area contributed by atoms with Crippen LogP contribution in [-0.4, -0.2) is 164 Å². The fourth-order valence-electron chi connectivity index (χ4n) is 15.2. The van der Waals surface area contributed by atoms with Crippen molar-refractivity contribution < 1.29 is 93.2 Å². The van der Waals surface area contributed by atoms with Gasteiger partial charge in [0, 0.05) is 25.7 Å². The molecule has 0 radical (unpaired) electrons. The minimum atomic E-state index is -2.00. The number of hydrogen-bond donors (Lipinski definition) is 8. The third-order valence-corrected chi connectivity index (χ3v) is 18.9. The van der Waals surface area contributed by atoms with Gasteiger partial charge in [0.1, 0.15) is 67.6 Å². The van der Waals surface area contributed by atoms with Crippen LogP contribution in [0.4, 0.5) is 0 Å². The van der Waals surface area contributed by atoms with E-state index in [-0.39, 0.29) is 36.2 Å². The second kappa shape index (κ2) is 19.5. The van der Waals surface area contributed by atoms with Gasteiger partial charge in [-0.25, -0.2) is 4.79 Å². The quantitative estimate of drug-likeness (QED) is 0.0603. The Labute approximate surface area is 410 Å². The van der Waals surface area contributed by atoms with Crippen LogP contribution in [0.2, 0.25) is 0 Å². The number of carbonyl (C=O) groups excluding carboxylic acids is 3. The Kier molecular flexibility index (Phi) is 15.3. The van der Waals surface area contributed by atoms with Gasteiger partial charge >= 0.3 is 23.9 Å². The van der Waals surface area contributed by atoms with Crippen molar-refractivity contribution in [3.05, 3.63) is 11.6 Å². The molecule has 0 aromatic heterocycles. The molecule has 2 saturated heterocycles. The molecule has 0 aromatic rings. The summed E-state index contributed by atoms with van der Waals surface area (Å²) >= 11 is 0. The van der Waals surface area contributed by atoms with Gasteiger partial charge in [0.2, 0.25) is 0 Å². The maximum absolute atomic E-state index is 13.3. The fraction of sp³-hybridized carbons (Fsp3) is 0.882. The largest absolute Gasteiger partial charge is 0.479 e. The summed E-state index contributed by atoms with van der Waals surface area (Å²) < 4.78 is 42.4. The minimum absolute atomic E-state index is 0.00167. The number of esters is 3. The molecule has 6 fully saturated rings. The van der Waals surface area contributed by atoms with Crippen LogP contribution in [0, 0.1) is 56.2 Å². The van der Waals surface area contributed by atoms with Crippen LogP contribution in [0.1, 0.15) is 128 Å². The Bertz CT molecular complexity index is 2000. The number of carboxylic acid groups (broad SMARTS) is 1. The van der Waals surface area contributed by atoms with E-state index in [0.29, 0.717) is 32.1 Å². The van der Waals surface area contributed by atoms with Crippen LogP contribution in [0.5, 0.6) is 0 Å². The summed E-state index contributed by atoms with van der Waals surface area (Å²) in [6.45, 7) is 20.4. The van der Waals surface area contributed by atoms with Gasteiger partial charge in [-0.2, -0.15) is 0 Å². The van der Waals surface area contributed by atoms with Crippen molar-refractivity contribution >= 4 is 23.9 Å². The van der Waals surface area contributed by atoms with Crippen LogP contribution in [0.25, 0.3) is 0 Å². The molecule has 7 aliphatic rings. The molecular weight excluding hydrogens is 917 g/mol. The zero-order chi connectivity index (χ0) is 52.0. The molecule has 7 rings (SSSR count). The normalized spacial score (nSPS) is 47.3. The van der Waals surface area contributed by atoms with Crippen molar-refractivity contribution in [2.24, 2.45) is 56.2 Å². The van der Waals surface area contributed by atoms with Gasteiger partial charge in [0.05, 0.1) is 18.1 Å². The molecule has 0 spiro atoms. The molecule has 19 heteroatoms. The fourth-order valence-corrected chi connectivity index (χ4v) is 15.2. The lowest BCUT2D eigenvalue weighted by molar-refractivity contribution is -0.374. The number of hydrogen-bond acceptors (Lipinski definition) is 18. The first kappa shape index (κ1) is 54.9. The molecule has 19 nitrogen and oxygen atoms in total. The SMILES string of the molecule is CC(=O)OC1C(O)C2(COC(=O)CC(C)C)C(OC(C)=O)CC3(C)C(=CCC4C5(C)CCC(OC6OC(C(=O)O)C(O)C(O)C6OC6OC(CO)C(O)C(O)C6O)C(C)(C)C5CCC43C)C2CC1(C)C. The molecule has 5 aliphatic carbocycles. The van der Waals surface area contributed by atoms with Crippen molar-refractivity contribution in [3.8, 4) is 0 Å². The highest BCUT2D eigenvalue weighted by molar-refractivity contribution is 5.73. The van der Waals surface area contributed by atoms with Gasteiger partial charge in [-0.1, -0.05) is 74.0 Å². The summed E-state index contributed by atoms with van der Waals surface area (Å²) in [4.78, 5) is 51.6. The zero-order valence-corrected chi connectivity index (χ0v) is 42.6. The Morgan fingerprint density at radius 3 is 2.01 bits per heavy atom. The average molecular weight is 997 g/mol. The summed E-state index contributed by atoms with van der Waals surface area (Å²) in [5.41, 5.74) is -2.96. The summed E-state index contributed by atoms with van der Waals surface area (Å²) in [7, 11) is 0. The maximum atomic E-state index is 13.3. The smallest absolute Gasteiger partial charge is 0.335 e. The number of carboxylic acids is 1. The number of carbonyl (C=O) groups is 4. The van der Waals surface area contributed by atoms with Gasteiger partial charge in [-0.3, -0.25) is 14.4 Å². The lowest BCUT2D eigenvalue weighted by Gasteiger charge is -2.72. The number of allylic oxidation sites excluding steroid dienone is 2. The molecule has 398 valence electrons. The highest BCUT2D eigenvalue weighted by atomic mass is 16.8. The number of aliphatic hydroxyl groups excluding tert-OH is 7. The summed E-state index contributed by atoms with van der Waals surface area (Å²) in [6.07, 6.45) is -15.2. The Morgan fingerprint density at radius 2 is 1.41 bits per heavy atom. The van der Waals surface area contributed by atoms with Gasteiger partial charge in [-0.15, -0.1) is 0 Å². The molecule has 8 N–H and O–H groups in total. The monoisotopic (exact) mass is 997 g/mol. The third kappa shape index (κ3) is 8.95. The zero-order valence-electron chi connectivity index (χ0n) is 42.6. The molecule has 0 aromatic carbocycles. The van der Waals surface area contributed by atoms with Crippen LogP contribution in [0.15, 0.2) is 11.6 Å². The minimum Gasteiger partial charge on any atom is -0.479 e. The maximum Gasteiger partial charge on any atom is 0.335 e. The number of fused-ring (bicyclic) bond motifs is 7. The number of aliphatic hydroxyl groups is 7. The molecular formula is C51H80O19. The van der Waals surface area contributed by atoms with E-state index in [0.717, 1.165) is 18.4 Å². The number of rotatable bonds is 12. The van der Waals surface area contributed by atoms with Gasteiger partial charge < -0.3 is 74.0 Å². The third-order valence-electron chi connectivity index (χ3n) is 18.9. The van der Waals surface area contributed by atoms with Crippen molar-refractivity contribution in [1.29, 1.82) is 0 Å². The van der Waals surface area contributed by atoms with E-state index in [4.69, 9.17) is 33.2 Å². The van der Waals surface area contributed by atoms with E-state index in [9.17, 15) is 60.0 Å². The van der Waals surface area contributed by atoms with Gasteiger partial charge in [0.15, 0.2) is 18.7 Å². The second-order valence-electron chi connectivity index (χ2n) is 24.2. The van der Waals surface area contributed by atoms with Crippen LogP contribution < -0.4 is 0 Å². The van der Waals surface area contributed by atoms with Crippen molar-refractivity contribution in [2.45, 2.75) is 213 Å². The molecule has 4 saturated carbocycles. The summed E-state index contributed by atoms with van der Waals surface area (Å²) in [6, 6.07) is 0. The predicted molar refractivity (Wildman–Crippen MR) is 245 cm³/mol. The first-order valence-electron chi connectivity index (χ1n) is 25.2. The first-order chi connectivity index (χ1) is 32.4. The van der Waals surface area contributed by atoms with E-state index < -0.39 is 149 Å². The Morgan fingerprint density at radius 1 is 0.757 bits per heavy atom. The first-order valence-corrected chi connectivity index (χ1v) is 25.2. The van der Waals surface area contributed by atoms with Crippen molar-refractivity contribution in [2.75, 3.05) is 13.2 Å². The van der Waals surface area contributed by atoms with Gasteiger partial charge in [0.25, 0.3) is 0 Å². The van der Waals surface area contributed by atoms with E-state index >= 15 is 0 Å². The lowest BCUT2D eigenvalue weighted by Crippen LogP contribution is -2.72. The van der Waals surface area contributed by atoms with Crippen LogP contribution >= 0.6 is 0 Å². The highest BCUT2D eigenvalue weighted by Gasteiger charge is 2.74. The molecule has 21 atom stereocenters. The van der Waals surface area contributed by atoms with Crippen LogP contribution in [-0.2, 0) is 52.3 Å². The topological polar surface area (TPSA) is 295 Å². The summed E-state index contributed by atoms with van der Waals surface area (Å²) in [5, 5.41) is 86.6. The summed E-state index contributed by atoms with van der Waals surface area (Å²) in [5.74, 6) is -3.50. The van der Waals surface area contributed by atoms with Crippen molar-refractivity contribution in [3.63, 3.8) is 0 Å². The average Bonchev–Trinajstić information content (AvgIpc) is 3.25. The number of ether oxygens (including phenoxy) is 7. The molecule has 0 bridgehead atoms. The Balaban J connectivity index is 1.22. The Hall–Kier alpha value is -2.82. The van der Waals surface area contributed by atoms with Gasteiger partial charge in [-0.05, 0) is 90.3 Å². The van der Waals surface area contributed by atoms with E-state index in [2.05, 4.69) is 40.7 Å². The van der Waals surface area contributed by atoms with E-state index in [1.807, 2.05) is 27.7 Å². The molecule has 70 heavy (non-hydrogen) atoms. The standard InChI is InChI=1S/C51H80O19/c1-23(2)18-33(55)64-22-51-27(19-46(5,6)42(41(51)61)66-25(4)54)26-12-13-30-48(9)16-15-31(47(7,8)29(48)14-17-49(30,10)50(26,11)20-32(51)65-24(3)53)68-45-40(37(59)36(58)39(69-45)43(62)63)70-44-38(60)35(57)34(56)28(21-52)67-44/h12,23,27-32,34-42,44-45,52,56-61H,13-22H2,1-11H3,(H,62,63). The molecule has 2 aliphatic heterocycles. The number of aliphatic carboxylic acids is 1. The lowest BCUT2D eigenvalue weighted by atomic mass is 9.33. The second-order valence-corrected chi connectivity index (χ2v) is 24.2. The van der Waals surface area contributed by atoms with Crippen LogP contribution in [0.3, 0.4) is 0 Å².